The molecule has 6 heteroatoms. The number of piperidine rings is 1. The van der Waals surface area contributed by atoms with Crippen LogP contribution in [-0.2, 0) is 4.74 Å². The minimum Gasteiger partial charge on any atom is -0.454 e. The Labute approximate surface area is 148 Å². The zero-order valence-electron chi connectivity index (χ0n) is 14.9. The molecule has 2 saturated heterocycles. The zero-order chi connectivity index (χ0) is 17.4. The summed E-state index contributed by atoms with van der Waals surface area (Å²) in [5, 5.41) is 0. The molecule has 0 radical (unpaired) electrons. The van der Waals surface area contributed by atoms with Crippen molar-refractivity contribution in [3.05, 3.63) is 23.8 Å². The van der Waals surface area contributed by atoms with Crippen LogP contribution in [0.1, 0.15) is 30.6 Å². The maximum atomic E-state index is 12.9. The molecule has 0 unspecified atom stereocenters. The third-order valence-corrected chi connectivity index (χ3v) is 5.51. The molecule has 0 aliphatic carbocycles. The summed E-state index contributed by atoms with van der Waals surface area (Å²) >= 11 is 0. The normalized spacial score (nSPS) is 26.4. The summed E-state index contributed by atoms with van der Waals surface area (Å²) in [5.41, 5.74) is 0.653. The van der Waals surface area contributed by atoms with E-state index in [-0.39, 0.29) is 18.8 Å². The highest BCUT2D eigenvalue weighted by Gasteiger charge is 2.36. The van der Waals surface area contributed by atoms with Crippen molar-refractivity contribution in [3.63, 3.8) is 0 Å². The Bertz CT molecular complexity index is 648. The Balaban J connectivity index is 1.44. The van der Waals surface area contributed by atoms with Crippen molar-refractivity contribution in [1.29, 1.82) is 0 Å². The van der Waals surface area contributed by atoms with Crippen LogP contribution in [0.4, 0.5) is 0 Å². The molecule has 0 spiro atoms. The first-order valence-corrected chi connectivity index (χ1v) is 9.16. The van der Waals surface area contributed by atoms with Gasteiger partial charge in [-0.05, 0) is 38.5 Å². The molecule has 3 heterocycles. The number of fused-ring (bicyclic) bond motifs is 2. The van der Waals surface area contributed by atoms with Gasteiger partial charge < -0.3 is 19.1 Å². The smallest absolute Gasteiger partial charge is 0.254 e. The molecule has 2 fully saturated rings. The molecule has 1 amide bonds. The first-order chi connectivity index (χ1) is 12.1. The SMILES string of the molecule is CC(C)N1CCO[C@@H]2CN(C(=O)c3ccc4c(c3)OCO4)CC[C@@H]2C1. The number of carbonyl (C=O) groups is 1. The van der Waals surface area contributed by atoms with E-state index in [4.69, 9.17) is 14.2 Å². The number of amides is 1. The average Bonchev–Trinajstić information content (AvgIpc) is 2.97. The molecule has 3 aliphatic rings. The van der Waals surface area contributed by atoms with Gasteiger partial charge >= 0.3 is 0 Å². The van der Waals surface area contributed by atoms with E-state index in [1.165, 1.54) is 0 Å². The lowest BCUT2D eigenvalue weighted by Gasteiger charge is -2.38. The number of rotatable bonds is 2. The number of carbonyl (C=O) groups excluding carboxylic acids is 1. The molecule has 6 nitrogen and oxygen atoms in total. The second-order valence-corrected chi connectivity index (χ2v) is 7.37. The van der Waals surface area contributed by atoms with Crippen LogP contribution in [0.15, 0.2) is 18.2 Å². The lowest BCUT2D eigenvalue weighted by Crippen LogP contribution is -2.49. The summed E-state index contributed by atoms with van der Waals surface area (Å²) < 4.78 is 16.8. The first kappa shape index (κ1) is 16.7. The van der Waals surface area contributed by atoms with Gasteiger partial charge in [0.1, 0.15) is 0 Å². The van der Waals surface area contributed by atoms with Crippen LogP contribution < -0.4 is 9.47 Å². The van der Waals surface area contributed by atoms with E-state index in [2.05, 4.69) is 18.7 Å². The van der Waals surface area contributed by atoms with Crippen LogP contribution in [-0.4, -0.2) is 67.4 Å². The number of likely N-dealkylation sites (tertiary alicyclic amines) is 1. The van der Waals surface area contributed by atoms with Gasteiger partial charge in [0.25, 0.3) is 5.91 Å². The van der Waals surface area contributed by atoms with Gasteiger partial charge in [-0.15, -0.1) is 0 Å². The number of nitrogens with zero attached hydrogens (tertiary/aromatic N) is 2. The van der Waals surface area contributed by atoms with Crippen molar-refractivity contribution in [2.75, 3.05) is 39.6 Å². The second-order valence-electron chi connectivity index (χ2n) is 7.37. The van der Waals surface area contributed by atoms with Gasteiger partial charge in [0.2, 0.25) is 6.79 Å². The predicted molar refractivity (Wildman–Crippen MR) is 93.0 cm³/mol. The average molecular weight is 346 g/mol. The Hall–Kier alpha value is -1.79. The summed E-state index contributed by atoms with van der Waals surface area (Å²) in [6.07, 6.45) is 1.12. The lowest BCUT2D eigenvalue weighted by atomic mass is 9.92. The molecule has 1 aromatic carbocycles. The Kier molecular flexibility index (Phi) is 4.56. The van der Waals surface area contributed by atoms with Gasteiger partial charge in [-0.2, -0.15) is 0 Å². The second kappa shape index (κ2) is 6.84. The van der Waals surface area contributed by atoms with Crippen molar-refractivity contribution < 1.29 is 19.0 Å². The Morgan fingerprint density at radius 1 is 1.16 bits per heavy atom. The van der Waals surface area contributed by atoms with E-state index in [0.717, 1.165) is 32.7 Å². The minimum atomic E-state index is 0.0466. The van der Waals surface area contributed by atoms with Crippen molar-refractivity contribution >= 4 is 5.91 Å². The van der Waals surface area contributed by atoms with Gasteiger partial charge in [-0.3, -0.25) is 9.69 Å². The molecule has 25 heavy (non-hydrogen) atoms. The molecule has 1 aromatic rings. The largest absolute Gasteiger partial charge is 0.454 e. The molecule has 4 rings (SSSR count). The lowest BCUT2D eigenvalue weighted by molar-refractivity contribution is -0.0171. The molecule has 0 bridgehead atoms. The molecular formula is C19H26N2O4. The van der Waals surface area contributed by atoms with E-state index in [9.17, 15) is 4.79 Å². The van der Waals surface area contributed by atoms with Gasteiger partial charge in [-0.1, -0.05) is 0 Å². The molecular weight excluding hydrogens is 320 g/mol. The van der Waals surface area contributed by atoms with Crippen molar-refractivity contribution in [1.82, 2.24) is 9.80 Å². The van der Waals surface area contributed by atoms with E-state index in [1.54, 1.807) is 6.07 Å². The maximum Gasteiger partial charge on any atom is 0.254 e. The van der Waals surface area contributed by atoms with Crippen LogP contribution in [0.3, 0.4) is 0 Å². The summed E-state index contributed by atoms with van der Waals surface area (Å²) in [6, 6.07) is 5.95. The topological polar surface area (TPSA) is 51.2 Å². The first-order valence-electron chi connectivity index (χ1n) is 9.16. The van der Waals surface area contributed by atoms with Crippen molar-refractivity contribution in [3.8, 4) is 11.5 Å². The van der Waals surface area contributed by atoms with Crippen LogP contribution in [0.5, 0.6) is 11.5 Å². The Morgan fingerprint density at radius 3 is 2.84 bits per heavy atom. The predicted octanol–water partition coefficient (Wildman–Crippen LogP) is 1.99. The van der Waals surface area contributed by atoms with Crippen molar-refractivity contribution in [2.45, 2.75) is 32.4 Å². The van der Waals surface area contributed by atoms with Gasteiger partial charge in [-0.25, -0.2) is 0 Å². The van der Waals surface area contributed by atoms with Crippen LogP contribution >= 0.6 is 0 Å². The highest BCUT2D eigenvalue weighted by Crippen LogP contribution is 2.33. The standard InChI is InChI=1S/C19H26N2O4/c1-13(2)20-7-8-23-18-11-21(6-5-15(18)10-20)19(22)14-3-4-16-17(9-14)25-12-24-16/h3-4,9,13,15,18H,5-8,10-12H2,1-2H3/t15-,18-/m1/s1. The molecule has 3 aliphatic heterocycles. The fourth-order valence-electron chi connectivity index (χ4n) is 3.94. The fraction of sp³-hybridized carbons (Fsp3) is 0.632. The van der Waals surface area contributed by atoms with Gasteiger partial charge in [0, 0.05) is 43.7 Å². The van der Waals surface area contributed by atoms with Crippen LogP contribution in [0.25, 0.3) is 0 Å². The molecule has 0 saturated carbocycles. The Morgan fingerprint density at radius 2 is 2.00 bits per heavy atom. The maximum absolute atomic E-state index is 12.9. The van der Waals surface area contributed by atoms with Crippen LogP contribution in [0.2, 0.25) is 0 Å². The van der Waals surface area contributed by atoms with Crippen LogP contribution in [0, 0.1) is 5.92 Å². The molecule has 2 atom stereocenters. The number of hydrogen-bond acceptors (Lipinski definition) is 5. The van der Waals surface area contributed by atoms with Gasteiger partial charge in [0.05, 0.1) is 12.7 Å². The number of ether oxygens (including phenoxy) is 3. The third-order valence-electron chi connectivity index (χ3n) is 5.51. The van der Waals surface area contributed by atoms with E-state index in [0.29, 0.717) is 35.6 Å². The van der Waals surface area contributed by atoms with E-state index < -0.39 is 0 Å². The van der Waals surface area contributed by atoms with E-state index in [1.807, 2.05) is 17.0 Å². The fourth-order valence-corrected chi connectivity index (χ4v) is 3.94. The monoisotopic (exact) mass is 346 g/mol. The molecule has 136 valence electrons. The third kappa shape index (κ3) is 3.33. The summed E-state index contributed by atoms with van der Waals surface area (Å²) in [6.45, 7) is 8.92. The number of benzene rings is 1. The quantitative estimate of drug-likeness (QED) is 0.820. The van der Waals surface area contributed by atoms with Crippen molar-refractivity contribution in [2.24, 2.45) is 5.92 Å². The van der Waals surface area contributed by atoms with E-state index >= 15 is 0 Å². The molecule has 0 aromatic heterocycles. The zero-order valence-corrected chi connectivity index (χ0v) is 14.9. The molecule has 0 N–H and O–H groups in total. The van der Waals surface area contributed by atoms with Gasteiger partial charge in [0.15, 0.2) is 11.5 Å². The summed E-state index contributed by atoms with van der Waals surface area (Å²) in [4.78, 5) is 17.3. The minimum absolute atomic E-state index is 0.0466. The highest BCUT2D eigenvalue weighted by molar-refractivity contribution is 5.95. The summed E-state index contributed by atoms with van der Waals surface area (Å²) in [7, 11) is 0. The highest BCUT2D eigenvalue weighted by atomic mass is 16.7. The number of hydrogen-bond donors (Lipinski definition) is 0. The summed E-state index contributed by atoms with van der Waals surface area (Å²) in [5.74, 6) is 1.91.